The summed E-state index contributed by atoms with van der Waals surface area (Å²) in [6.07, 6.45) is 0. The molecular formula is C13H18BrNO2. The van der Waals surface area contributed by atoms with Crippen LogP contribution in [0.4, 0.5) is 0 Å². The highest BCUT2D eigenvalue weighted by atomic mass is 79.9. The van der Waals surface area contributed by atoms with Crippen LogP contribution in [0.3, 0.4) is 0 Å². The van der Waals surface area contributed by atoms with Crippen molar-refractivity contribution in [1.82, 2.24) is 4.90 Å². The van der Waals surface area contributed by atoms with Crippen LogP contribution < -0.4 is 0 Å². The molecule has 94 valence electrons. The summed E-state index contributed by atoms with van der Waals surface area (Å²) in [4.78, 5) is 13.2. The molecule has 0 aromatic heterocycles. The van der Waals surface area contributed by atoms with Crippen molar-refractivity contribution in [2.75, 3.05) is 6.54 Å². The monoisotopic (exact) mass is 299 g/mol. The van der Waals surface area contributed by atoms with Crippen LogP contribution in [0.5, 0.6) is 0 Å². The molecule has 0 bridgehead atoms. The largest absolute Gasteiger partial charge is 0.480 e. The van der Waals surface area contributed by atoms with Crippen molar-refractivity contribution in [3.63, 3.8) is 0 Å². The minimum Gasteiger partial charge on any atom is -0.480 e. The quantitative estimate of drug-likeness (QED) is 0.908. The van der Waals surface area contributed by atoms with Crippen LogP contribution in [-0.4, -0.2) is 28.1 Å². The van der Waals surface area contributed by atoms with E-state index in [1.165, 1.54) is 0 Å². The number of likely N-dealkylation sites (N-methyl/N-ethyl adjacent to an activating group) is 1. The lowest BCUT2D eigenvalue weighted by Crippen LogP contribution is -2.49. The van der Waals surface area contributed by atoms with Crippen LogP contribution in [0.25, 0.3) is 0 Å². The summed E-state index contributed by atoms with van der Waals surface area (Å²) in [5.41, 5.74) is 0.244. The molecule has 4 heteroatoms. The molecule has 1 aromatic carbocycles. The normalized spacial score (nSPS) is 11.8. The first-order valence-electron chi connectivity index (χ1n) is 5.61. The van der Waals surface area contributed by atoms with Gasteiger partial charge < -0.3 is 5.11 Å². The highest BCUT2D eigenvalue weighted by Gasteiger charge is 2.33. The molecule has 0 saturated heterocycles. The second kappa shape index (κ2) is 5.65. The number of carboxylic acid groups (broad SMARTS) is 1. The zero-order valence-corrected chi connectivity index (χ0v) is 12.0. The Bertz CT molecular complexity index is 404. The average molecular weight is 300 g/mol. The van der Waals surface area contributed by atoms with Gasteiger partial charge in [0.05, 0.1) is 0 Å². The number of rotatable bonds is 5. The standard InChI is InChI=1S/C13H18BrNO2/c1-4-15(13(2,3)12(16)17)9-10-7-5-6-8-11(10)14/h5-8H,4,9H2,1-3H3,(H,16,17). The summed E-state index contributed by atoms with van der Waals surface area (Å²) in [6.45, 7) is 6.75. The first kappa shape index (κ1) is 14.2. The van der Waals surface area contributed by atoms with Crippen LogP contribution in [-0.2, 0) is 11.3 Å². The van der Waals surface area contributed by atoms with E-state index in [-0.39, 0.29) is 0 Å². The minimum atomic E-state index is -0.857. The summed E-state index contributed by atoms with van der Waals surface area (Å²) in [7, 11) is 0. The van der Waals surface area contributed by atoms with Crippen molar-refractivity contribution in [2.45, 2.75) is 32.9 Å². The first-order valence-corrected chi connectivity index (χ1v) is 6.40. The fourth-order valence-corrected chi connectivity index (χ4v) is 2.08. The SMILES string of the molecule is CCN(Cc1ccccc1Br)C(C)(C)C(=O)O. The molecule has 17 heavy (non-hydrogen) atoms. The molecule has 0 aliphatic carbocycles. The molecule has 0 unspecified atom stereocenters. The van der Waals surface area contributed by atoms with Gasteiger partial charge in [0.15, 0.2) is 0 Å². The van der Waals surface area contributed by atoms with Gasteiger partial charge in [-0.05, 0) is 32.0 Å². The second-order valence-corrected chi connectivity index (χ2v) is 5.32. The lowest BCUT2D eigenvalue weighted by Gasteiger charge is -2.34. The van der Waals surface area contributed by atoms with E-state index in [0.29, 0.717) is 13.1 Å². The second-order valence-electron chi connectivity index (χ2n) is 4.47. The maximum absolute atomic E-state index is 11.2. The van der Waals surface area contributed by atoms with Crippen LogP contribution >= 0.6 is 15.9 Å². The molecule has 0 fully saturated rings. The van der Waals surface area contributed by atoms with Gasteiger partial charge in [0.25, 0.3) is 0 Å². The van der Waals surface area contributed by atoms with E-state index in [2.05, 4.69) is 15.9 Å². The first-order chi connectivity index (χ1) is 7.89. The third-order valence-electron chi connectivity index (χ3n) is 3.01. The van der Waals surface area contributed by atoms with Crippen LogP contribution in [0.15, 0.2) is 28.7 Å². The third kappa shape index (κ3) is 3.30. The number of aliphatic carboxylic acids is 1. The number of hydrogen-bond donors (Lipinski definition) is 1. The van der Waals surface area contributed by atoms with Gasteiger partial charge >= 0.3 is 5.97 Å². The molecule has 0 amide bonds. The Labute approximate surface area is 111 Å². The Hall–Kier alpha value is -0.870. The molecule has 0 heterocycles. The number of carboxylic acids is 1. The van der Waals surface area contributed by atoms with Gasteiger partial charge in [0.1, 0.15) is 5.54 Å². The van der Waals surface area contributed by atoms with E-state index < -0.39 is 11.5 Å². The van der Waals surface area contributed by atoms with Crippen molar-refractivity contribution in [1.29, 1.82) is 0 Å². The van der Waals surface area contributed by atoms with Crippen LogP contribution in [0.1, 0.15) is 26.3 Å². The summed E-state index contributed by atoms with van der Waals surface area (Å²) >= 11 is 3.48. The van der Waals surface area contributed by atoms with E-state index in [0.717, 1.165) is 10.0 Å². The molecule has 0 radical (unpaired) electrons. The molecule has 0 atom stereocenters. The zero-order valence-electron chi connectivity index (χ0n) is 10.4. The Morgan fingerprint density at radius 3 is 2.47 bits per heavy atom. The Morgan fingerprint density at radius 2 is 2.00 bits per heavy atom. The zero-order chi connectivity index (χ0) is 13.1. The van der Waals surface area contributed by atoms with Crippen LogP contribution in [0.2, 0.25) is 0 Å². The number of hydrogen-bond acceptors (Lipinski definition) is 2. The number of benzene rings is 1. The summed E-state index contributed by atoms with van der Waals surface area (Å²) < 4.78 is 1.01. The lowest BCUT2D eigenvalue weighted by atomic mass is 10.0. The predicted octanol–water partition coefficient (Wildman–Crippen LogP) is 3.13. The highest BCUT2D eigenvalue weighted by Crippen LogP contribution is 2.22. The smallest absolute Gasteiger partial charge is 0.323 e. The number of halogens is 1. The molecule has 0 saturated carbocycles. The van der Waals surface area contributed by atoms with Crippen molar-refractivity contribution >= 4 is 21.9 Å². The van der Waals surface area contributed by atoms with Gasteiger partial charge in [0.2, 0.25) is 0 Å². The van der Waals surface area contributed by atoms with E-state index in [9.17, 15) is 9.90 Å². The molecule has 0 aliphatic rings. The van der Waals surface area contributed by atoms with Gasteiger partial charge in [-0.3, -0.25) is 9.69 Å². The number of nitrogens with zero attached hydrogens (tertiary/aromatic N) is 1. The van der Waals surface area contributed by atoms with Crippen molar-refractivity contribution in [2.24, 2.45) is 0 Å². The maximum atomic E-state index is 11.2. The highest BCUT2D eigenvalue weighted by molar-refractivity contribution is 9.10. The third-order valence-corrected chi connectivity index (χ3v) is 3.79. The van der Waals surface area contributed by atoms with Gasteiger partial charge in [-0.15, -0.1) is 0 Å². The van der Waals surface area contributed by atoms with Crippen molar-refractivity contribution in [3.05, 3.63) is 34.3 Å². The molecule has 1 N–H and O–H groups in total. The van der Waals surface area contributed by atoms with Gasteiger partial charge in [0, 0.05) is 11.0 Å². The molecule has 0 spiro atoms. The summed E-state index contributed by atoms with van der Waals surface area (Å²) in [5, 5.41) is 9.24. The Balaban J connectivity index is 2.92. The van der Waals surface area contributed by atoms with E-state index in [4.69, 9.17) is 0 Å². The van der Waals surface area contributed by atoms with Gasteiger partial charge in [-0.25, -0.2) is 0 Å². The van der Waals surface area contributed by atoms with Gasteiger partial charge in [-0.1, -0.05) is 41.1 Å². The topological polar surface area (TPSA) is 40.5 Å². The minimum absolute atomic E-state index is 0.622. The molecular weight excluding hydrogens is 282 g/mol. The van der Waals surface area contributed by atoms with E-state index in [1.807, 2.05) is 36.1 Å². The Kier molecular flexibility index (Phi) is 4.71. The lowest BCUT2D eigenvalue weighted by molar-refractivity contribution is -0.149. The van der Waals surface area contributed by atoms with Crippen LogP contribution in [0, 0.1) is 0 Å². The van der Waals surface area contributed by atoms with Crippen molar-refractivity contribution in [3.8, 4) is 0 Å². The number of carbonyl (C=O) groups is 1. The molecule has 1 aromatic rings. The fourth-order valence-electron chi connectivity index (χ4n) is 1.67. The van der Waals surface area contributed by atoms with Crippen molar-refractivity contribution < 1.29 is 9.90 Å². The fraction of sp³-hybridized carbons (Fsp3) is 0.462. The predicted molar refractivity (Wildman–Crippen MR) is 71.9 cm³/mol. The molecule has 0 aliphatic heterocycles. The summed E-state index contributed by atoms with van der Waals surface area (Å²) in [6, 6.07) is 7.88. The van der Waals surface area contributed by atoms with E-state index >= 15 is 0 Å². The average Bonchev–Trinajstić information content (AvgIpc) is 2.27. The van der Waals surface area contributed by atoms with Gasteiger partial charge in [-0.2, -0.15) is 0 Å². The maximum Gasteiger partial charge on any atom is 0.323 e. The summed E-state index contributed by atoms with van der Waals surface area (Å²) in [5.74, 6) is -0.800. The van der Waals surface area contributed by atoms with E-state index in [1.54, 1.807) is 13.8 Å². The molecule has 1 rings (SSSR count). The Morgan fingerprint density at radius 1 is 1.41 bits per heavy atom. The molecule has 3 nitrogen and oxygen atoms in total.